The second-order valence-electron chi connectivity index (χ2n) is 3.23. The molecule has 0 aliphatic carbocycles. The van der Waals surface area contributed by atoms with Crippen molar-refractivity contribution in [3.63, 3.8) is 0 Å². The number of nitrogens with two attached hydrogens (primary N) is 1. The van der Waals surface area contributed by atoms with Gasteiger partial charge in [-0.25, -0.2) is 0 Å². The number of carbonyl (C=O) groups is 1. The number of aromatic nitrogens is 2. The number of nitrogens with zero attached hydrogens (tertiary/aromatic N) is 2. The van der Waals surface area contributed by atoms with Gasteiger partial charge in [-0.3, -0.25) is 9.48 Å². The summed E-state index contributed by atoms with van der Waals surface area (Å²) in [4.78, 5) is 11.9. The predicted octanol–water partition coefficient (Wildman–Crippen LogP) is 1.80. The van der Waals surface area contributed by atoms with E-state index in [0.29, 0.717) is 17.9 Å². The smallest absolute Gasteiger partial charge is 0.276 e. The van der Waals surface area contributed by atoms with Crippen molar-refractivity contribution >= 4 is 28.6 Å². The number of thiophene rings is 1. The van der Waals surface area contributed by atoms with Crippen molar-refractivity contribution in [3.8, 4) is 0 Å². The molecular formula is C10H12N4OS. The Kier molecular flexibility index (Phi) is 2.91. The van der Waals surface area contributed by atoms with Crippen molar-refractivity contribution in [1.82, 2.24) is 9.78 Å². The maximum Gasteiger partial charge on any atom is 0.276 e. The van der Waals surface area contributed by atoms with E-state index in [2.05, 4.69) is 10.4 Å². The van der Waals surface area contributed by atoms with Crippen molar-refractivity contribution in [2.75, 3.05) is 11.1 Å². The highest BCUT2D eigenvalue weighted by atomic mass is 32.1. The lowest BCUT2D eigenvalue weighted by molar-refractivity contribution is 0.101. The fourth-order valence-corrected chi connectivity index (χ4v) is 2.00. The van der Waals surface area contributed by atoms with Crippen molar-refractivity contribution in [3.05, 3.63) is 28.7 Å². The highest BCUT2D eigenvalue weighted by molar-refractivity contribution is 7.08. The number of amides is 1. The topological polar surface area (TPSA) is 72.9 Å². The number of nitrogen functional groups attached to an aromatic ring is 1. The first-order valence-electron chi connectivity index (χ1n) is 4.87. The van der Waals surface area contributed by atoms with E-state index in [0.717, 1.165) is 5.69 Å². The molecule has 6 heteroatoms. The van der Waals surface area contributed by atoms with Gasteiger partial charge in [0.15, 0.2) is 0 Å². The summed E-state index contributed by atoms with van der Waals surface area (Å²) in [7, 11) is 0. The molecule has 0 radical (unpaired) electrons. The van der Waals surface area contributed by atoms with Gasteiger partial charge in [0, 0.05) is 11.9 Å². The van der Waals surface area contributed by atoms with E-state index in [1.165, 1.54) is 17.5 Å². The fraction of sp³-hybridized carbons (Fsp3) is 0.200. The summed E-state index contributed by atoms with van der Waals surface area (Å²) in [6, 6.07) is 1.84. The fourth-order valence-electron chi connectivity index (χ4n) is 1.41. The minimum Gasteiger partial charge on any atom is -0.396 e. The Bertz CT molecular complexity index is 489. The highest BCUT2D eigenvalue weighted by Gasteiger charge is 2.16. The largest absolute Gasteiger partial charge is 0.396 e. The van der Waals surface area contributed by atoms with Gasteiger partial charge in [0.2, 0.25) is 0 Å². The average molecular weight is 236 g/mol. The van der Waals surface area contributed by atoms with E-state index in [9.17, 15) is 4.79 Å². The standard InChI is InChI=1S/C10H12N4OS/c1-2-14-9(8(11)5-12-14)10(15)13-7-3-4-16-6-7/h3-6H,2,11H2,1H3,(H,13,15). The van der Waals surface area contributed by atoms with E-state index < -0.39 is 0 Å². The molecule has 2 heterocycles. The zero-order valence-electron chi connectivity index (χ0n) is 8.80. The Labute approximate surface area is 96.9 Å². The van der Waals surface area contributed by atoms with Crippen LogP contribution in [0.4, 0.5) is 11.4 Å². The van der Waals surface area contributed by atoms with E-state index in [4.69, 9.17) is 5.73 Å². The Morgan fingerprint density at radius 3 is 3.12 bits per heavy atom. The minimum atomic E-state index is -0.227. The van der Waals surface area contributed by atoms with Gasteiger partial charge in [0.05, 0.1) is 17.6 Å². The molecule has 2 aromatic rings. The lowest BCUT2D eigenvalue weighted by Gasteiger charge is -2.05. The van der Waals surface area contributed by atoms with Crippen LogP contribution in [0.2, 0.25) is 0 Å². The molecule has 0 atom stereocenters. The van der Waals surface area contributed by atoms with Crippen molar-refractivity contribution in [2.24, 2.45) is 0 Å². The molecular weight excluding hydrogens is 224 g/mol. The lowest BCUT2D eigenvalue weighted by atomic mass is 10.3. The third kappa shape index (κ3) is 1.92. The van der Waals surface area contributed by atoms with Crippen LogP contribution in [-0.2, 0) is 6.54 Å². The quantitative estimate of drug-likeness (QED) is 0.853. The summed E-state index contributed by atoms with van der Waals surface area (Å²) in [6.45, 7) is 2.53. The molecule has 16 heavy (non-hydrogen) atoms. The van der Waals surface area contributed by atoms with Crippen molar-refractivity contribution in [2.45, 2.75) is 13.5 Å². The summed E-state index contributed by atoms with van der Waals surface area (Å²) in [5.41, 5.74) is 7.29. The number of carbonyl (C=O) groups excluding carboxylic acids is 1. The molecule has 2 aromatic heterocycles. The SMILES string of the molecule is CCn1ncc(N)c1C(=O)Nc1ccsc1. The minimum absolute atomic E-state index is 0.227. The van der Waals surface area contributed by atoms with Crippen LogP contribution in [-0.4, -0.2) is 15.7 Å². The number of hydrogen-bond donors (Lipinski definition) is 2. The molecule has 1 amide bonds. The molecule has 0 saturated heterocycles. The Hall–Kier alpha value is -1.82. The summed E-state index contributed by atoms with van der Waals surface area (Å²) in [5.74, 6) is -0.227. The van der Waals surface area contributed by atoms with Gasteiger partial charge < -0.3 is 11.1 Å². The van der Waals surface area contributed by atoms with Gasteiger partial charge >= 0.3 is 0 Å². The Balaban J connectivity index is 2.23. The zero-order valence-corrected chi connectivity index (χ0v) is 9.62. The molecule has 0 aliphatic rings. The third-order valence-corrected chi connectivity index (χ3v) is 2.84. The molecule has 0 bridgehead atoms. The first kappa shape index (κ1) is 10.7. The van der Waals surface area contributed by atoms with Crippen LogP contribution >= 0.6 is 11.3 Å². The van der Waals surface area contributed by atoms with E-state index in [-0.39, 0.29) is 5.91 Å². The average Bonchev–Trinajstić information content (AvgIpc) is 2.87. The summed E-state index contributed by atoms with van der Waals surface area (Å²) in [6.07, 6.45) is 1.49. The molecule has 0 aliphatic heterocycles. The number of rotatable bonds is 3. The number of anilines is 2. The van der Waals surface area contributed by atoms with Crippen LogP contribution < -0.4 is 11.1 Å². The molecule has 5 nitrogen and oxygen atoms in total. The summed E-state index contributed by atoms with van der Waals surface area (Å²) in [5, 5.41) is 10.5. The van der Waals surface area contributed by atoms with Gasteiger partial charge in [-0.05, 0) is 18.4 Å². The lowest BCUT2D eigenvalue weighted by Crippen LogP contribution is -2.18. The monoisotopic (exact) mass is 236 g/mol. The molecule has 2 rings (SSSR count). The molecule has 3 N–H and O–H groups in total. The second kappa shape index (κ2) is 4.36. The number of aryl methyl sites for hydroxylation is 1. The van der Waals surface area contributed by atoms with Crippen LogP contribution in [0.3, 0.4) is 0 Å². The van der Waals surface area contributed by atoms with Crippen LogP contribution in [0.15, 0.2) is 23.0 Å². The predicted molar refractivity (Wildman–Crippen MR) is 64.6 cm³/mol. The third-order valence-electron chi connectivity index (χ3n) is 2.16. The van der Waals surface area contributed by atoms with Crippen LogP contribution in [0.5, 0.6) is 0 Å². The summed E-state index contributed by atoms with van der Waals surface area (Å²) < 4.78 is 1.58. The van der Waals surface area contributed by atoms with Crippen LogP contribution in [0.25, 0.3) is 0 Å². The van der Waals surface area contributed by atoms with Gasteiger partial charge in [0.1, 0.15) is 5.69 Å². The molecule has 0 saturated carbocycles. The Morgan fingerprint density at radius 1 is 1.69 bits per heavy atom. The van der Waals surface area contributed by atoms with Gasteiger partial charge in [0.25, 0.3) is 5.91 Å². The highest BCUT2D eigenvalue weighted by Crippen LogP contribution is 2.16. The summed E-state index contributed by atoms with van der Waals surface area (Å²) >= 11 is 1.52. The molecule has 84 valence electrons. The van der Waals surface area contributed by atoms with Gasteiger partial charge in [-0.15, -0.1) is 0 Å². The first-order chi connectivity index (χ1) is 7.72. The molecule has 0 aromatic carbocycles. The molecule has 0 unspecified atom stereocenters. The van der Waals surface area contributed by atoms with Crippen LogP contribution in [0, 0.1) is 0 Å². The number of hydrogen-bond acceptors (Lipinski definition) is 4. The first-order valence-corrected chi connectivity index (χ1v) is 5.81. The van der Waals surface area contributed by atoms with Gasteiger partial charge in [-0.2, -0.15) is 16.4 Å². The van der Waals surface area contributed by atoms with E-state index in [1.807, 2.05) is 23.8 Å². The van der Waals surface area contributed by atoms with Crippen LogP contribution in [0.1, 0.15) is 17.4 Å². The molecule has 0 fully saturated rings. The normalized spacial score (nSPS) is 10.3. The van der Waals surface area contributed by atoms with Gasteiger partial charge in [-0.1, -0.05) is 0 Å². The second-order valence-corrected chi connectivity index (χ2v) is 4.01. The van der Waals surface area contributed by atoms with E-state index in [1.54, 1.807) is 4.68 Å². The zero-order chi connectivity index (χ0) is 11.5. The van der Waals surface area contributed by atoms with E-state index >= 15 is 0 Å². The van der Waals surface area contributed by atoms with Crippen molar-refractivity contribution < 1.29 is 4.79 Å². The molecule has 0 spiro atoms. The maximum absolute atomic E-state index is 11.9. The number of nitrogens with one attached hydrogen (secondary N) is 1. The maximum atomic E-state index is 11.9. The van der Waals surface area contributed by atoms with Crippen molar-refractivity contribution in [1.29, 1.82) is 0 Å². The Morgan fingerprint density at radius 2 is 2.50 bits per heavy atom.